The first-order valence-electron chi connectivity index (χ1n) is 20.4. The summed E-state index contributed by atoms with van der Waals surface area (Å²) in [5, 5.41) is 15.0. The minimum atomic E-state index is -4.52. The molecule has 0 aliphatic carbocycles. The van der Waals surface area contributed by atoms with Crippen molar-refractivity contribution < 1.29 is 13.2 Å². The molecular formula is C55H40F3N3. The quantitative estimate of drug-likeness (QED) is 0.171. The van der Waals surface area contributed by atoms with E-state index in [9.17, 15) is 18.4 Å². The van der Waals surface area contributed by atoms with Gasteiger partial charge >= 0.3 is 6.18 Å². The molecule has 0 saturated heterocycles. The molecular weight excluding hydrogens is 760 g/mol. The first-order chi connectivity index (χ1) is 29.4. The second kappa shape index (κ2) is 14.1. The van der Waals surface area contributed by atoms with Crippen LogP contribution in [0.4, 0.5) is 13.2 Å². The van der Waals surface area contributed by atoms with E-state index >= 15 is 0 Å². The van der Waals surface area contributed by atoms with Crippen molar-refractivity contribution in [3.8, 4) is 50.8 Å². The highest BCUT2D eigenvalue weighted by Gasteiger charge is 2.32. The number of hydrogen-bond acceptors (Lipinski definition) is 1. The summed E-state index contributed by atoms with van der Waals surface area (Å²) in [5.74, 6) is 0. The van der Waals surface area contributed by atoms with Gasteiger partial charge in [0.25, 0.3) is 0 Å². The summed E-state index contributed by atoms with van der Waals surface area (Å²) in [6.45, 7) is 10.1. The molecule has 0 fully saturated rings. The number of halogens is 3. The van der Waals surface area contributed by atoms with Crippen LogP contribution >= 0.6 is 0 Å². The molecule has 296 valence electrons. The first kappa shape index (κ1) is 37.9. The highest BCUT2D eigenvalue weighted by molar-refractivity contribution is 6.13. The number of para-hydroxylation sites is 2. The van der Waals surface area contributed by atoms with Crippen LogP contribution in [-0.2, 0) is 6.18 Å². The van der Waals surface area contributed by atoms with E-state index in [-0.39, 0.29) is 0 Å². The van der Waals surface area contributed by atoms with Crippen LogP contribution in [-0.4, -0.2) is 9.13 Å². The molecule has 0 aliphatic heterocycles. The van der Waals surface area contributed by atoms with E-state index in [1.807, 2.05) is 36.4 Å². The first-order valence-corrected chi connectivity index (χ1v) is 20.4. The van der Waals surface area contributed by atoms with Crippen molar-refractivity contribution in [2.45, 2.75) is 40.8 Å². The van der Waals surface area contributed by atoms with E-state index in [1.165, 1.54) is 12.1 Å². The Hall–Kier alpha value is -7.36. The van der Waals surface area contributed by atoms with Crippen molar-refractivity contribution in [2.75, 3.05) is 0 Å². The van der Waals surface area contributed by atoms with E-state index in [0.29, 0.717) is 33.6 Å². The Bertz CT molecular complexity index is 3250. The van der Waals surface area contributed by atoms with Gasteiger partial charge in [0, 0.05) is 27.1 Å². The molecule has 10 rings (SSSR count). The van der Waals surface area contributed by atoms with Gasteiger partial charge in [0.2, 0.25) is 0 Å². The van der Waals surface area contributed by atoms with Crippen LogP contribution in [0.1, 0.15) is 38.9 Å². The van der Waals surface area contributed by atoms with E-state index in [2.05, 4.69) is 140 Å². The molecule has 8 aromatic carbocycles. The Balaban J connectivity index is 1.37. The number of fused-ring (bicyclic) bond motifs is 6. The van der Waals surface area contributed by atoms with Gasteiger partial charge in [0.15, 0.2) is 0 Å². The van der Waals surface area contributed by atoms with Crippen LogP contribution in [0.2, 0.25) is 0 Å². The predicted octanol–water partition coefficient (Wildman–Crippen LogP) is 15.3. The Labute approximate surface area is 352 Å². The van der Waals surface area contributed by atoms with E-state index < -0.39 is 11.7 Å². The zero-order chi connectivity index (χ0) is 42.3. The van der Waals surface area contributed by atoms with E-state index in [0.717, 1.165) is 88.1 Å². The number of nitrogens with zero attached hydrogens (tertiary/aromatic N) is 3. The largest absolute Gasteiger partial charge is 0.416 e. The van der Waals surface area contributed by atoms with Crippen LogP contribution in [0.25, 0.3) is 88.4 Å². The second-order valence-electron chi connectivity index (χ2n) is 16.5. The molecule has 10 aromatic rings. The van der Waals surface area contributed by atoms with Gasteiger partial charge in [-0.3, -0.25) is 0 Å². The minimum Gasteiger partial charge on any atom is -0.308 e. The SMILES string of the molecule is Cc1cc(C)cc(-c2ccc3c4ccccc4n(-c4cc(C#N)cc(-n5c6ccccc6c6ccc(-c7cc(C)cc(C)c7)cc65)c4-c4ccc(C(F)(F)F)cc4C)c3c2)c1. The molecule has 0 aliphatic rings. The molecule has 0 radical (unpaired) electrons. The third-order valence-electron chi connectivity index (χ3n) is 12.0. The van der Waals surface area contributed by atoms with Crippen LogP contribution in [0.15, 0.2) is 152 Å². The number of aryl methyl sites for hydroxylation is 5. The Kier molecular flexibility index (Phi) is 8.78. The maximum atomic E-state index is 14.3. The average Bonchev–Trinajstić information content (AvgIpc) is 3.74. The van der Waals surface area contributed by atoms with Gasteiger partial charge in [-0.25, -0.2) is 0 Å². The number of aromatic nitrogens is 2. The van der Waals surface area contributed by atoms with Crippen LogP contribution in [0.3, 0.4) is 0 Å². The highest BCUT2D eigenvalue weighted by Crippen LogP contribution is 2.45. The molecule has 0 amide bonds. The predicted molar refractivity (Wildman–Crippen MR) is 245 cm³/mol. The van der Waals surface area contributed by atoms with Crippen molar-refractivity contribution in [3.05, 3.63) is 191 Å². The lowest BCUT2D eigenvalue weighted by Gasteiger charge is -2.22. The molecule has 3 nitrogen and oxygen atoms in total. The van der Waals surface area contributed by atoms with Gasteiger partial charge in [0.05, 0.1) is 50.6 Å². The van der Waals surface area contributed by atoms with Crippen molar-refractivity contribution in [1.82, 2.24) is 9.13 Å². The second-order valence-corrected chi connectivity index (χ2v) is 16.5. The fraction of sp³-hybridized carbons (Fsp3) is 0.109. The fourth-order valence-electron chi connectivity index (χ4n) is 9.53. The van der Waals surface area contributed by atoms with Gasteiger partial charge in [-0.1, -0.05) is 125 Å². The highest BCUT2D eigenvalue weighted by atomic mass is 19.4. The maximum absolute atomic E-state index is 14.3. The molecule has 2 aromatic heterocycles. The lowest BCUT2D eigenvalue weighted by Crippen LogP contribution is -2.08. The van der Waals surface area contributed by atoms with Crippen LogP contribution < -0.4 is 0 Å². The number of hydrogen-bond donors (Lipinski definition) is 0. The third-order valence-corrected chi connectivity index (χ3v) is 12.0. The van der Waals surface area contributed by atoms with Gasteiger partial charge in [-0.05, 0) is 117 Å². The van der Waals surface area contributed by atoms with Crippen molar-refractivity contribution in [1.29, 1.82) is 5.26 Å². The normalized spacial score (nSPS) is 11.9. The van der Waals surface area contributed by atoms with Crippen molar-refractivity contribution in [2.24, 2.45) is 0 Å². The van der Waals surface area contributed by atoms with Crippen LogP contribution in [0, 0.1) is 45.9 Å². The number of benzene rings is 8. The summed E-state index contributed by atoms with van der Waals surface area (Å²) in [5.41, 5.74) is 15.5. The topological polar surface area (TPSA) is 33.6 Å². The molecule has 0 saturated carbocycles. The van der Waals surface area contributed by atoms with Crippen molar-refractivity contribution >= 4 is 43.6 Å². The van der Waals surface area contributed by atoms with E-state index in [1.54, 1.807) is 13.0 Å². The number of nitriles is 1. The monoisotopic (exact) mass is 799 g/mol. The molecule has 0 N–H and O–H groups in total. The fourth-order valence-corrected chi connectivity index (χ4v) is 9.53. The summed E-state index contributed by atoms with van der Waals surface area (Å²) in [7, 11) is 0. The summed E-state index contributed by atoms with van der Waals surface area (Å²) in [6.07, 6.45) is -4.52. The molecule has 2 heterocycles. The Morgan fingerprint density at radius 3 is 1.31 bits per heavy atom. The lowest BCUT2D eigenvalue weighted by molar-refractivity contribution is -0.137. The number of rotatable bonds is 5. The van der Waals surface area contributed by atoms with Gasteiger partial charge < -0.3 is 9.13 Å². The molecule has 0 bridgehead atoms. The summed E-state index contributed by atoms with van der Waals surface area (Å²) in [4.78, 5) is 0. The molecule has 61 heavy (non-hydrogen) atoms. The summed E-state index contributed by atoms with van der Waals surface area (Å²) >= 11 is 0. The lowest BCUT2D eigenvalue weighted by atomic mass is 9.93. The molecule has 0 spiro atoms. The van der Waals surface area contributed by atoms with Gasteiger partial charge in [-0.15, -0.1) is 0 Å². The molecule has 6 heteroatoms. The average molecular weight is 800 g/mol. The Morgan fingerprint density at radius 2 is 0.885 bits per heavy atom. The standard InChI is InChI=1S/C55H40F3N3/c1-32-20-33(2)23-40(22-32)38-14-17-46-44-10-6-8-12-48(44)60(50(46)29-38)52-27-37(31-59)28-53(54(52)43-19-16-42(26-36(43)5)55(56,57)58)61-49-13-9-7-11-45(49)47-18-15-39(30-51(47)61)41-24-34(3)21-35(4)25-41/h6-30H,1-5H3. The van der Waals surface area contributed by atoms with E-state index in [4.69, 9.17) is 0 Å². The zero-order valence-corrected chi connectivity index (χ0v) is 34.4. The van der Waals surface area contributed by atoms with Gasteiger partial charge in [0.1, 0.15) is 0 Å². The number of alkyl halides is 3. The maximum Gasteiger partial charge on any atom is 0.416 e. The molecule has 0 atom stereocenters. The molecule has 0 unspecified atom stereocenters. The van der Waals surface area contributed by atoms with Gasteiger partial charge in [-0.2, -0.15) is 18.4 Å². The smallest absolute Gasteiger partial charge is 0.308 e. The third kappa shape index (κ3) is 6.36. The summed E-state index contributed by atoms with van der Waals surface area (Å²) < 4.78 is 47.3. The minimum absolute atomic E-state index is 0.422. The Morgan fingerprint density at radius 1 is 0.443 bits per heavy atom. The summed E-state index contributed by atoms with van der Waals surface area (Å²) in [6, 6.07) is 52.7. The zero-order valence-electron chi connectivity index (χ0n) is 34.4. The van der Waals surface area contributed by atoms with Crippen molar-refractivity contribution in [3.63, 3.8) is 0 Å². The van der Waals surface area contributed by atoms with Crippen LogP contribution in [0.5, 0.6) is 0 Å².